The number of aryl methyl sites for hydroxylation is 1. The van der Waals surface area contributed by atoms with E-state index < -0.39 is 0 Å². The molecule has 0 aliphatic carbocycles. The Morgan fingerprint density at radius 2 is 2.12 bits per heavy atom. The van der Waals surface area contributed by atoms with E-state index in [1.807, 2.05) is 6.92 Å². The number of hydrogen-bond donors (Lipinski definition) is 2. The number of anilines is 3. The Kier molecular flexibility index (Phi) is 3.23. The molecule has 2 rings (SSSR count). The van der Waals surface area contributed by atoms with Gasteiger partial charge in [0.05, 0.1) is 0 Å². The van der Waals surface area contributed by atoms with E-state index in [1.54, 1.807) is 6.07 Å². The summed E-state index contributed by atoms with van der Waals surface area (Å²) in [5.41, 5.74) is 7.19. The lowest BCUT2D eigenvalue weighted by Crippen LogP contribution is -2.01. The van der Waals surface area contributed by atoms with Gasteiger partial charge < -0.3 is 11.1 Å². The van der Waals surface area contributed by atoms with Crippen molar-refractivity contribution >= 4 is 33.3 Å². The minimum atomic E-state index is -0.269. The van der Waals surface area contributed by atoms with E-state index in [9.17, 15) is 4.39 Å². The molecule has 2 aromatic rings. The van der Waals surface area contributed by atoms with Crippen LogP contribution in [0.4, 0.5) is 21.7 Å². The van der Waals surface area contributed by atoms with E-state index in [4.69, 9.17) is 5.73 Å². The second-order valence-corrected chi connectivity index (χ2v) is 4.30. The Morgan fingerprint density at radius 1 is 1.35 bits per heavy atom. The summed E-state index contributed by atoms with van der Waals surface area (Å²) in [6.45, 7) is 1.81. The van der Waals surface area contributed by atoms with Gasteiger partial charge in [-0.3, -0.25) is 0 Å². The number of nitrogens with zero attached hydrogens (tertiary/aromatic N) is 2. The molecule has 1 aromatic carbocycles. The van der Waals surface area contributed by atoms with Gasteiger partial charge in [0.2, 0.25) is 0 Å². The predicted octanol–water partition coefficient (Wildman–Crippen LogP) is 3.01. The number of benzene rings is 1. The van der Waals surface area contributed by atoms with E-state index in [0.717, 1.165) is 11.3 Å². The van der Waals surface area contributed by atoms with Crippen LogP contribution in [0.25, 0.3) is 0 Å². The minimum Gasteiger partial charge on any atom is -0.383 e. The second-order valence-electron chi connectivity index (χ2n) is 3.51. The third kappa shape index (κ3) is 2.52. The molecule has 3 N–H and O–H groups in total. The molecule has 0 spiro atoms. The average Bonchev–Trinajstić information content (AvgIpc) is 2.28. The third-order valence-corrected chi connectivity index (χ3v) is 3.04. The molecule has 0 radical (unpaired) electrons. The quantitative estimate of drug-likeness (QED) is 0.894. The predicted molar refractivity (Wildman–Crippen MR) is 68.6 cm³/mol. The van der Waals surface area contributed by atoms with Gasteiger partial charge >= 0.3 is 0 Å². The zero-order valence-electron chi connectivity index (χ0n) is 9.04. The molecular formula is C11H10BrFN4. The van der Waals surface area contributed by atoms with Crippen molar-refractivity contribution in [2.24, 2.45) is 0 Å². The molecule has 0 unspecified atom stereocenters. The summed E-state index contributed by atoms with van der Waals surface area (Å²) in [5.74, 6) is 0.629. The van der Waals surface area contributed by atoms with Crippen LogP contribution >= 0.6 is 15.9 Å². The first kappa shape index (κ1) is 11.8. The fraction of sp³-hybridized carbons (Fsp3) is 0.0909. The van der Waals surface area contributed by atoms with Crippen LogP contribution in [0.2, 0.25) is 0 Å². The normalized spacial score (nSPS) is 10.3. The van der Waals surface area contributed by atoms with Gasteiger partial charge in [-0.15, -0.1) is 0 Å². The Balaban J connectivity index is 2.35. The number of hydrogen-bond acceptors (Lipinski definition) is 4. The lowest BCUT2D eigenvalue weighted by molar-refractivity contribution is 0.627. The van der Waals surface area contributed by atoms with Crippen LogP contribution in [-0.4, -0.2) is 9.97 Å². The maximum Gasteiger partial charge on any atom is 0.150 e. The molecular weight excluding hydrogens is 287 g/mol. The first-order valence-electron chi connectivity index (χ1n) is 4.87. The largest absolute Gasteiger partial charge is 0.383 e. The zero-order chi connectivity index (χ0) is 12.4. The van der Waals surface area contributed by atoms with E-state index in [-0.39, 0.29) is 5.82 Å². The standard InChI is InChI=1S/C11H10BrFN4/c1-6-4-7(13)2-3-8(6)17-11-9(12)10(14)15-5-16-11/h2-5H,1H3,(H3,14,15,16,17). The number of halogens is 2. The van der Waals surface area contributed by atoms with Crippen molar-refractivity contribution in [1.29, 1.82) is 0 Å². The van der Waals surface area contributed by atoms with Crippen molar-refractivity contribution in [3.8, 4) is 0 Å². The molecule has 0 fully saturated rings. The number of nitrogen functional groups attached to an aromatic ring is 1. The van der Waals surface area contributed by atoms with Crippen molar-refractivity contribution < 1.29 is 4.39 Å². The highest BCUT2D eigenvalue weighted by Crippen LogP contribution is 2.28. The molecule has 1 aromatic heterocycles. The molecule has 0 bridgehead atoms. The van der Waals surface area contributed by atoms with Crippen molar-refractivity contribution in [3.05, 3.63) is 40.4 Å². The molecule has 1 heterocycles. The molecule has 0 amide bonds. The Morgan fingerprint density at radius 3 is 2.82 bits per heavy atom. The highest BCUT2D eigenvalue weighted by atomic mass is 79.9. The summed E-state index contributed by atoms with van der Waals surface area (Å²) in [6, 6.07) is 4.48. The van der Waals surface area contributed by atoms with Gasteiger partial charge in [0.25, 0.3) is 0 Å². The first-order valence-corrected chi connectivity index (χ1v) is 5.66. The SMILES string of the molecule is Cc1cc(F)ccc1Nc1ncnc(N)c1Br. The summed E-state index contributed by atoms with van der Waals surface area (Å²) < 4.78 is 13.5. The van der Waals surface area contributed by atoms with Crippen molar-refractivity contribution in [1.82, 2.24) is 9.97 Å². The first-order chi connectivity index (χ1) is 8.08. The summed E-state index contributed by atoms with van der Waals surface area (Å²) in [5, 5.41) is 3.06. The smallest absolute Gasteiger partial charge is 0.150 e. The molecule has 0 aliphatic rings. The molecule has 88 valence electrons. The fourth-order valence-corrected chi connectivity index (χ4v) is 1.67. The number of nitrogens with two attached hydrogens (primary N) is 1. The van der Waals surface area contributed by atoms with Crippen LogP contribution in [-0.2, 0) is 0 Å². The number of aromatic nitrogens is 2. The van der Waals surface area contributed by atoms with Gasteiger partial charge in [0, 0.05) is 5.69 Å². The molecule has 6 heteroatoms. The number of nitrogens with one attached hydrogen (secondary N) is 1. The van der Waals surface area contributed by atoms with Gasteiger partial charge in [-0.1, -0.05) is 0 Å². The average molecular weight is 297 g/mol. The van der Waals surface area contributed by atoms with E-state index in [1.165, 1.54) is 18.5 Å². The molecule has 0 aliphatic heterocycles. The number of rotatable bonds is 2. The molecule has 4 nitrogen and oxygen atoms in total. The van der Waals surface area contributed by atoms with Gasteiger partial charge in [-0.2, -0.15) is 0 Å². The van der Waals surface area contributed by atoms with Crippen molar-refractivity contribution in [2.45, 2.75) is 6.92 Å². The van der Waals surface area contributed by atoms with Crippen LogP contribution in [0.1, 0.15) is 5.56 Å². The summed E-state index contributed by atoms with van der Waals surface area (Å²) >= 11 is 3.29. The highest BCUT2D eigenvalue weighted by molar-refractivity contribution is 9.10. The van der Waals surface area contributed by atoms with Crippen LogP contribution in [0, 0.1) is 12.7 Å². The van der Waals surface area contributed by atoms with Gasteiger partial charge in [-0.25, -0.2) is 14.4 Å². The van der Waals surface area contributed by atoms with Crippen LogP contribution in [0.5, 0.6) is 0 Å². The molecule has 0 atom stereocenters. The molecule has 0 saturated heterocycles. The van der Waals surface area contributed by atoms with Gasteiger partial charge in [0.15, 0.2) is 0 Å². The maximum atomic E-state index is 12.9. The lowest BCUT2D eigenvalue weighted by Gasteiger charge is -2.10. The Bertz CT molecular complexity index is 559. The second kappa shape index (κ2) is 4.67. The van der Waals surface area contributed by atoms with E-state index >= 15 is 0 Å². The Labute approximate surface area is 106 Å². The minimum absolute atomic E-state index is 0.269. The van der Waals surface area contributed by atoms with Crippen molar-refractivity contribution in [2.75, 3.05) is 11.1 Å². The topological polar surface area (TPSA) is 63.8 Å². The van der Waals surface area contributed by atoms with Crippen LogP contribution in [0.15, 0.2) is 29.0 Å². The maximum absolute atomic E-state index is 12.9. The van der Waals surface area contributed by atoms with Gasteiger partial charge in [0.1, 0.15) is 28.3 Å². The van der Waals surface area contributed by atoms with Gasteiger partial charge in [-0.05, 0) is 46.6 Å². The van der Waals surface area contributed by atoms with Crippen LogP contribution in [0.3, 0.4) is 0 Å². The monoisotopic (exact) mass is 296 g/mol. The van der Waals surface area contributed by atoms with Crippen LogP contribution < -0.4 is 11.1 Å². The third-order valence-electron chi connectivity index (χ3n) is 2.26. The van der Waals surface area contributed by atoms with Crippen molar-refractivity contribution in [3.63, 3.8) is 0 Å². The zero-order valence-corrected chi connectivity index (χ0v) is 10.6. The molecule has 0 saturated carbocycles. The molecule has 17 heavy (non-hydrogen) atoms. The summed E-state index contributed by atoms with van der Waals surface area (Å²) in [6.07, 6.45) is 1.36. The van der Waals surface area contributed by atoms with E-state index in [0.29, 0.717) is 16.1 Å². The fourth-order valence-electron chi connectivity index (χ4n) is 1.37. The lowest BCUT2D eigenvalue weighted by atomic mass is 10.2. The summed E-state index contributed by atoms with van der Waals surface area (Å²) in [4.78, 5) is 7.89. The van der Waals surface area contributed by atoms with E-state index in [2.05, 4.69) is 31.2 Å². The summed E-state index contributed by atoms with van der Waals surface area (Å²) in [7, 11) is 0. The Hall–Kier alpha value is -1.69. The highest BCUT2D eigenvalue weighted by Gasteiger charge is 2.07.